The smallest absolute Gasteiger partial charge is 0.207 e. The summed E-state index contributed by atoms with van der Waals surface area (Å²) in [6.45, 7) is 0. The van der Waals surface area contributed by atoms with Crippen LogP contribution in [-0.2, 0) is 10.0 Å². The molecule has 1 aliphatic carbocycles. The van der Waals surface area contributed by atoms with E-state index in [1.807, 2.05) is 0 Å². The maximum atomic E-state index is 12.1. The summed E-state index contributed by atoms with van der Waals surface area (Å²) in [6, 6.07) is 4.28. The molecule has 1 N–H and O–H groups in total. The van der Waals surface area contributed by atoms with E-state index in [2.05, 4.69) is 20.7 Å². The number of halogens is 3. The Kier molecular flexibility index (Phi) is 3.77. The second-order valence-corrected chi connectivity index (χ2v) is 7.15. The van der Waals surface area contributed by atoms with Gasteiger partial charge in [-0.2, -0.15) is 0 Å². The molecule has 1 aliphatic rings. The average Bonchev–Trinajstić information content (AvgIpc) is 3.02. The summed E-state index contributed by atoms with van der Waals surface area (Å²) in [4.78, 5) is 0.138. The first-order valence-corrected chi connectivity index (χ1v) is 8.30. The van der Waals surface area contributed by atoms with Crippen molar-refractivity contribution in [2.24, 2.45) is 0 Å². The molecule has 0 spiro atoms. The molecule has 0 atom stereocenters. The van der Waals surface area contributed by atoms with Crippen LogP contribution in [0.2, 0.25) is 10.0 Å². The highest BCUT2D eigenvalue weighted by atomic mass is 79.9. The minimum atomic E-state index is -3.53. The van der Waals surface area contributed by atoms with Crippen molar-refractivity contribution in [2.75, 3.05) is 5.33 Å². The maximum absolute atomic E-state index is 12.1. The quantitative estimate of drug-likeness (QED) is 0.840. The second kappa shape index (κ2) is 4.70. The van der Waals surface area contributed by atoms with Gasteiger partial charge in [0.25, 0.3) is 0 Å². The lowest BCUT2D eigenvalue weighted by atomic mass is 10.4. The number of sulfonamides is 1. The fourth-order valence-corrected chi connectivity index (χ4v) is 4.14. The van der Waals surface area contributed by atoms with Crippen LogP contribution in [0.1, 0.15) is 12.8 Å². The van der Waals surface area contributed by atoms with Gasteiger partial charge in [0.1, 0.15) is 0 Å². The average molecular weight is 359 g/mol. The molecule has 1 fully saturated rings. The van der Waals surface area contributed by atoms with E-state index in [4.69, 9.17) is 23.2 Å². The van der Waals surface area contributed by atoms with Crippen molar-refractivity contribution in [2.45, 2.75) is 23.3 Å². The van der Waals surface area contributed by atoms with Crippen molar-refractivity contribution in [1.82, 2.24) is 4.72 Å². The Morgan fingerprint density at radius 2 is 1.94 bits per heavy atom. The fourth-order valence-electron chi connectivity index (χ4n) is 1.40. The molecule has 0 unspecified atom stereocenters. The molecule has 0 heterocycles. The van der Waals surface area contributed by atoms with E-state index >= 15 is 0 Å². The van der Waals surface area contributed by atoms with Gasteiger partial charge in [-0.15, -0.1) is 0 Å². The monoisotopic (exact) mass is 357 g/mol. The highest BCUT2D eigenvalue weighted by molar-refractivity contribution is 9.09. The molecule has 1 aromatic rings. The summed E-state index contributed by atoms with van der Waals surface area (Å²) >= 11 is 14.9. The van der Waals surface area contributed by atoms with E-state index in [1.54, 1.807) is 0 Å². The van der Waals surface area contributed by atoms with Gasteiger partial charge in [-0.3, -0.25) is 0 Å². The molecule has 0 aliphatic heterocycles. The number of hydrogen-bond acceptors (Lipinski definition) is 2. The van der Waals surface area contributed by atoms with Crippen LogP contribution in [0.5, 0.6) is 0 Å². The zero-order valence-electron chi connectivity index (χ0n) is 8.71. The van der Waals surface area contributed by atoms with E-state index in [0.29, 0.717) is 10.4 Å². The highest BCUT2D eigenvalue weighted by Gasteiger charge is 2.45. The van der Waals surface area contributed by atoms with Gasteiger partial charge in [-0.25, -0.2) is 13.1 Å². The lowest BCUT2D eigenvalue weighted by Gasteiger charge is -2.14. The summed E-state index contributed by atoms with van der Waals surface area (Å²) in [5, 5.41) is 1.19. The largest absolute Gasteiger partial charge is 0.241 e. The van der Waals surface area contributed by atoms with Gasteiger partial charge in [0.15, 0.2) is 0 Å². The Hall–Kier alpha value is 0.190. The van der Waals surface area contributed by atoms with Crippen LogP contribution in [-0.4, -0.2) is 19.3 Å². The molecule has 17 heavy (non-hydrogen) atoms. The SMILES string of the molecule is O=S(=O)(NC1(CBr)CC1)c1ccc(Cl)c(Cl)c1. The summed E-state index contributed by atoms with van der Waals surface area (Å²) < 4.78 is 26.8. The van der Waals surface area contributed by atoms with Crippen molar-refractivity contribution in [3.05, 3.63) is 28.2 Å². The molecule has 1 aromatic carbocycles. The number of hydrogen-bond donors (Lipinski definition) is 1. The van der Waals surface area contributed by atoms with E-state index in [1.165, 1.54) is 18.2 Å². The van der Waals surface area contributed by atoms with Crippen molar-refractivity contribution >= 4 is 49.2 Å². The molecule has 0 radical (unpaired) electrons. The van der Waals surface area contributed by atoms with E-state index in [0.717, 1.165) is 12.8 Å². The van der Waals surface area contributed by atoms with Crippen molar-refractivity contribution in [3.63, 3.8) is 0 Å². The predicted octanol–water partition coefficient (Wildman–Crippen LogP) is 3.20. The Bertz CT molecular complexity index is 543. The number of rotatable bonds is 4. The molecule has 2 rings (SSSR count). The maximum Gasteiger partial charge on any atom is 0.241 e. The van der Waals surface area contributed by atoms with Crippen molar-refractivity contribution < 1.29 is 8.42 Å². The van der Waals surface area contributed by atoms with Crippen LogP contribution in [0.3, 0.4) is 0 Å². The van der Waals surface area contributed by atoms with Crippen LogP contribution < -0.4 is 4.72 Å². The molecule has 1 saturated carbocycles. The Morgan fingerprint density at radius 1 is 1.29 bits per heavy atom. The second-order valence-electron chi connectivity index (χ2n) is 4.10. The van der Waals surface area contributed by atoms with Gasteiger partial charge in [0, 0.05) is 10.9 Å². The van der Waals surface area contributed by atoms with Crippen LogP contribution in [0.4, 0.5) is 0 Å². The van der Waals surface area contributed by atoms with Crippen LogP contribution in [0.15, 0.2) is 23.1 Å². The predicted molar refractivity (Wildman–Crippen MR) is 72.5 cm³/mol. The summed E-state index contributed by atoms with van der Waals surface area (Å²) in [7, 11) is -3.53. The van der Waals surface area contributed by atoms with Crippen LogP contribution in [0, 0.1) is 0 Å². The zero-order chi connectivity index (χ0) is 12.7. The Morgan fingerprint density at radius 3 is 2.41 bits per heavy atom. The Labute approximate surface area is 119 Å². The van der Waals surface area contributed by atoms with Gasteiger partial charge in [0.2, 0.25) is 10.0 Å². The van der Waals surface area contributed by atoms with E-state index in [-0.39, 0.29) is 15.5 Å². The first-order chi connectivity index (χ1) is 7.88. The lowest BCUT2D eigenvalue weighted by Crippen LogP contribution is -2.37. The molecule has 0 bridgehead atoms. The van der Waals surface area contributed by atoms with Gasteiger partial charge < -0.3 is 0 Å². The topological polar surface area (TPSA) is 46.2 Å². The van der Waals surface area contributed by atoms with Gasteiger partial charge >= 0.3 is 0 Å². The number of alkyl halides is 1. The minimum Gasteiger partial charge on any atom is -0.207 e. The van der Waals surface area contributed by atoms with E-state index in [9.17, 15) is 8.42 Å². The lowest BCUT2D eigenvalue weighted by molar-refractivity contribution is 0.561. The normalized spacial score (nSPS) is 18.1. The number of benzene rings is 1. The van der Waals surface area contributed by atoms with Crippen LogP contribution >= 0.6 is 39.1 Å². The molecule has 94 valence electrons. The zero-order valence-corrected chi connectivity index (χ0v) is 12.6. The van der Waals surface area contributed by atoms with Crippen molar-refractivity contribution in [1.29, 1.82) is 0 Å². The third kappa shape index (κ3) is 2.96. The highest BCUT2D eigenvalue weighted by Crippen LogP contribution is 2.38. The first kappa shape index (κ1) is 13.6. The summed E-state index contributed by atoms with van der Waals surface area (Å²) in [5.41, 5.74) is -0.328. The molecule has 7 heteroatoms. The van der Waals surface area contributed by atoms with Gasteiger partial charge in [-0.1, -0.05) is 39.1 Å². The summed E-state index contributed by atoms with van der Waals surface area (Å²) in [6.07, 6.45) is 1.69. The molecular formula is C10H10BrCl2NO2S. The molecular weight excluding hydrogens is 349 g/mol. The van der Waals surface area contributed by atoms with E-state index < -0.39 is 10.0 Å². The van der Waals surface area contributed by atoms with Crippen molar-refractivity contribution in [3.8, 4) is 0 Å². The minimum absolute atomic E-state index is 0.138. The van der Waals surface area contributed by atoms with Crippen LogP contribution in [0.25, 0.3) is 0 Å². The first-order valence-electron chi connectivity index (χ1n) is 4.94. The van der Waals surface area contributed by atoms with Gasteiger partial charge in [0.05, 0.1) is 14.9 Å². The fraction of sp³-hybridized carbons (Fsp3) is 0.400. The number of nitrogens with one attached hydrogen (secondary N) is 1. The third-order valence-corrected chi connectivity index (χ3v) is 6.05. The standard InChI is InChI=1S/C10H10BrCl2NO2S/c11-6-10(3-4-10)14-17(15,16)7-1-2-8(12)9(13)5-7/h1-2,5,14H,3-4,6H2. The third-order valence-electron chi connectivity index (χ3n) is 2.66. The molecule has 0 saturated heterocycles. The van der Waals surface area contributed by atoms with Gasteiger partial charge in [-0.05, 0) is 31.0 Å². The Balaban J connectivity index is 2.29. The molecule has 3 nitrogen and oxygen atoms in total. The summed E-state index contributed by atoms with van der Waals surface area (Å²) in [5.74, 6) is 0. The molecule has 0 aromatic heterocycles. The molecule has 0 amide bonds.